The Morgan fingerprint density at radius 1 is 0.892 bits per heavy atom. The zero-order valence-corrected chi connectivity index (χ0v) is 22.7. The lowest BCUT2D eigenvalue weighted by atomic mass is 9.96. The smallest absolute Gasteiger partial charge is 0.0977 e. The molecule has 3 aromatic carbocycles. The molecule has 37 heavy (non-hydrogen) atoms. The van der Waals surface area contributed by atoms with Crippen molar-refractivity contribution in [2.45, 2.75) is 52.0 Å². The molecule has 0 spiro atoms. The van der Waals surface area contributed by atoms with Crippen LogP contribution >= 0.6 is 11.3 Å². The molecule has 0 radical (unpaired) electrons. The summed E-state index contributed by atoms with van der Waals surface area (Å²) in [5.41, 5.74) is 9.67. The molecule has 1 N–H and O–H groups in total. The summed E-state index contributed by atoms with van der Waals surface area (Å²) in [5, 5.41) is 6.71. The van der Waals surface area contributed by atoms with E-state index < -0.39 is 0 Å². The van der Waals surface area contributed by atoms with Crippen molar-refractivity contribution in [2.24, 2.45) is 0 Å². The zero-order valence-electron chi connectivity index (χ0n) is 21.9. The number of likely N-dealkylation sites (tertiary alicyclic amines) is 1. The first-order valence-electron chi connectivity index (χ1n) is 13.5. The van der Waals surface area contributed by atoms with Crippen LogP contribution in [0.25, 0.3) is 5.70 Å². The second-order valence-corrected chi connectivity index (χ2v) is 11.1. The van der Waals surface area contributed by atoms with Gasteiger partial charge in [-0.25, -0.2) is 4.98 Å². The minimum Gasteiger partial charge on any atom is -0.354 e. The maximum atomic E-state index is 4.94. The maximum Gasteiger partial charge on any atom is 0.0977 e. The van der Waals surface area contributed by atoms with Gasteiger partial charge in [0.15, 0.2) is 0 Å². The minimum absolute atomic E-state index is 0.847. The van der Waals surface area contributed by atoms with Crippen molar-refractivity contribution in [3.63, 3.8) is 0 Å². The second kappa shape index (κ2) is 12.4. The van der Waals surface area contributed by atoms with Gasteiger partial charge in [0.05, 0.1) is 16.4 Å². The summed E-state index contributed by atoms with van der Waals surface area (Å²) in [5.74, 6) is 0. The lowest BCUT2D eigenvalue weighted by Gasteiger charge is -2.26. The summed E-state index contributed by atoms with van der Waals surface area (Å²) < 4.78 is 0. The quantitative estimate of drug-likeness (QED) is 0.236. The third kappa shape index (κ3) is 7.18. The number of piperidine rings is 1. The Kier molecular flexibility index (Phi) is 8.49. The first kappa shape index (κ1) is 25.4. The van der Waals surface area contributed by atoms with Crippen LogP contribution in [0.15, 0.2) is 84.8 Å². The van der Waals surface area contributed by atoms with Gasteiger partial charge in [0, 0.05) is 24.0 Å². The van der Waals surface area contributed by atoms with E-state index in [9.17, 15) is 0 Å². The molecular formula is C33H37N3S. The minimum atomic E-state index is 0.847. The summed E-state index contributed by atoms with van der Waals surface area (Å²) in [6.07, 6.45) is 6.98. The molecule has 0 aliphatic carbocycles. The van der Waals surface area contributed by atoms with Crippen LogP contribution in [0.2, 0.25) is 0 Å². The second-order valence-electron chi connectivity index (χ2n) is 10.2. The number of anilines is 1. The predicted molar refractivity (Wildman–Crippen MR) is 158 cm³/mol. The molecule has 0 amide bonds. The van der Waals surface area contributed by atoms with E-state index in [4.69, 9.17) is 4.98 Å². The first-order chi connectivity index (χ1) is 18.1. The summed E-state index contributed by atoms with van der Waals surface area (Å²) in [4.78, 5) is 7.49. The van der Waals surface area contributed by atoms with Crippen LogP contribution in [0.4, 0.5) is 5.69 Å². The lowest BCUT2D eigenvalue weighted by molar-refractivity contribution is 0.221. The standard InChI is InChI=1S/C33H37N3S/c1-25-11-15-29(16-12-27-9-5-3-6-10-27)30(21-25)22-33-35-32(24-37-33)26(2)34-31-17-13-28(14-18-31)23-36-19-7-4-8-20-36/h3,5-6,9-11,13-15,17-18,21,24,34H,2,4,7-8,12,16,19-20,22-23H2,1H3. The van der Waals surface area contributed by atoms with Gasteiger partial charge < -0.3 is 5.32 Å². The molecule has 190 valence electrons. The van der Waals surface area contributed by atoms with E-state index in [1.165, 1.54) is 60.2 Å². The molecule has 1 aliphatic rings. The maximum absolute atomic E-state index is 4.94. The number of hydrogen-bond acceptors (Lipinski definition) is 4. The number of rotatable bonds is 10. The van der Waals surface area contributed by atoms with Crippen molar-refractivity contribution < 1.29 is 0 Å². The molecule has 4 heteroatoms. The van der Waals surface area contributed by atoms with E-state index in [1.807, 2.05) is 0 Å². The van der Waals surface area contributed by atoms with Gasteiger partial charge in [-0.05, 0) is 80.1 Å². The van der Waals surface area contributed by atoms with Crippen LogP contribution < -0.4 is 5.32 Å². The normalized spacial score (nSPS) is 14.0. The summed E-state index contributed by atoms with van der Waals surface area (Å²) in [6, 6.07) is 26.3. The third-order valence-electron chi connectivity index (χ3n) is 7.19. The Morgan fingerprint density at radius 2 is 1.68 bits per heavy atom. The molecule has 5 rings (SSSR count). The molecule has 2 heterocycles. The molecule has 0 atom stereocenters. The number of aromatic nitrogens is 1. The van der Waals surface area contributed by atoms with Gasteiger partial charge in [0.2, 0.25) is 0 Å². The van der Waals surface area contributed by atoms with E-state index in [0.29, 0.717) is 0 Å². The topological polar surface area (TPSA) is 28.2 Å². The van der Waals surface area contributed by atoms with E-state index in [2.05, 4.69) is 102 Å². The van der Waals surface area contributed by atoms with Gasteiger partial charge in [-0.1, -0.05) is 79.2 Å². The van der Waals surface area contributed by atoms with E-state index in [1.54, 1.807) is 11.3 Å². The Morgan fingerprint density at radius 3 is 2.46 bits per heavy atom. The number of nitrogens with one attached hydrogen (secondary N) is 1. The van der Waals surface area contributed by atoms with Gasteiger partial charge in [-0.3, -0.25) is 4.90 Å². The fraction of sp³-hybridized carbons (Fsp3) is 0.303. The molecule has 3 nitrogen and oxygen atoms in total. The van der Waals surface area contributed by atoms with Gasteiger partial charge in [-0.2, -0.15) is 0 Å². The van der Waals surface area contributed by atoms with Crippen molar-refractivity contribution in [1.82, 2.24) is 9.88 Å². The van der Waals surface area contributed by atoms with Crippen LogP contribution in [-0.4, -0.2) is 23.0 Å². The highest BCUT2D eigenvalue weighted by Crippen LogP contribution is 2.24. The Bertz CT molecular complexity index is 1300. The zero-order chi connectivity index (χ0) is 25.5. The predicted octanol–water partition coefficient (Wildman–Crippen LogP) is 7.90. The van der Waals surface area contributed by atoms with Gasteiger partial charge in [0.25, 0.3) is 0 Å². The van der Waals surface area contributed by atoms with Gasteiger partial charge >= 0.3 is 0 Å². The van der Waals surface area contributed by atoms with Crippen LogP contribution in [-0.2, 0) is 25.8 Å². The number of nitrogens with zero attached hydrogens (tertiary/aromatic N) is 2. The lowest BCUT2D eigenvalue weighted by Crippen LogP contribution is -2.29. The van der Waals surface area contributed by atoms with Crippen molar-refractivity contribution in [3.8, 4) is 0 Å². The van der Waals surface area contributed by atoms with Gasteiger partial charge in [0.1, 0.15) is 0 Å². The molecule has 1 fully saturated rings. The highest BCUT2D eigenvalue weighted by Gasteiger charge is 2.12. The summed E-state index contributed by atoms with van der Waals surface area (Å²) in [7, 11) is 0. The largest absolute Gasteiger partial charge is 0.354 e. The fourth-order valence-corrected chi connectivity index (χ4v) is 5.92. The monoisotopic (exact) mass is 507 g/mol. The van der Waals surface area contributed by atoms with Crippen LogP contribution in [0.5, 0.6) is 0 Å². The highest BCUT2D eigenvalue weighted by molar-refractivity contribution is 7.09. The van der Waals surface area contributed by atoms with Crippen molar-refractivity contribution in [1.29, 1.82) is 0 Å². The van der Waals surface area contributed by atoms with E-state index >= 15 is 0 Å². The van der Waals surface area contributed by atoms with Crippen LogP contribution in [0.3, 0.4) is 0 Å². The van der Waals surface area contributed by atoms with Crippen LogP contribution in [0, 0.1) is 6.92 Å². The SMILES string of the molecule is C=C(Nc1ccc(CN2CCCCC2)cc1)c1csc(Cc2cc(C)ccc2CCc2ccccc2)n1. The Labute approximate surface area is 225 Å². The van der Waals surface area contributed by atoms with Crippen molar-refractivity contribution in [3.05, 3.63) is 123 Å². The molecule has 4 aromatic rings. The molecule has 0 unspecified atom stereocenters. The van der Waals surface area contributed by atoms with Crippen molar-refractivity contribution >= 4 is 22.7 Å². The molecule has 1 aromatic heterocycles. The Balaban J connectivity index is 1.19. The molecule has 1 saturated heterocycles. The number of thiazole rings is 1. The number of hydrogen-bond donors (Lipinski definition) is 1. The average molecular weight is 508 g/mol. The number of benzene rings is 3. The molecule has 0 bridgehead atoms. The third-order valence-corrected chi connectivity index (χ3v) is 8.04. The Hall–Kier alpha value is -3.21. The van der Waals surface area contributed by atoms with E-state index in [0.717, 1.165) is 47.9 Å². The molecule has 1 aliphatic heterocycles. The average Bonchev–Trinajstić information content (AvgIpc) is 3.39. The first-order valence-corrected chi connectivity index (χ1v) is 14.3. The van der Waals surface area contributed by atoms with Crippen molar-refractivity contribution in [2.75, 3.05) is 18.4 Å². The van der Waals surface area contributed by atoms with Crippen LogP contribution in [0.1, 0.15) is 57.8 Å². The molecule has 0 saturated carbocycles. The molecular weight excluding hydrogens is 470 g/mol. The van der Waals surface area contributed by atoms with E-state index in [-0.39, 0.29) is 0 Å². The summed E-state index contributed by atoms with van der Waals surface area (Å²) in [6.45, 7) is 9.93. The fourth-order valence-electron chi connectivity index (χ4n) is 5.09. The van der Waals surface area contributed by atoms with Gasteiger partial charge in [-0.15, -0.1) is 11.3 Å². The summed E-state index contributed by atoms with van der Waals surface area (Å²) >= 11 is 1.72. The highest BCUT2D eigenvalue weighted by atomic mass is 32.1. The number of aryl methyl sites for hydroxylation is 3.